The van der Waals surface area contributed by atoms with Crippen molar-refractivity contribution in [2.24, 2.45) is 0 Å². The van der Waals surface area contributed by atoms with Crippen molar-refractivity contribution in [1.29, 1.82) is 0 Å². The molecule has 0 aromatic heterocycles. The van der Waals surface area contributed by atoms with Gasteiger partial charge in [-0.1, -0.05) is 0 Å². The van der Waals surface area contributed by atoms with Crippen LogP contribution in [0, 0.1) is 11.6 Å². The molecule has 3 rings (SSSR count). The summed E-state index contributed by atoms with van der Waals surface area (Å²) < 4.78 is 49.8. The molecule has 1 aromatic carbocycles. The highest BCUT2D eigenvalue weighted by molar-refractivity contribution is 7.91. The normalized spacial score (nSPS) is 28.0. The molecule has 7 heteroatoms. The number of carbonyl (C=O) groups excluding carboxylic acids is 1. The minimum absolute atomic E-state index is 0.105. The number of hydrogen-bond acceptors (Lipinski definition) is 3. The highest BCUT2D eigenvalue weighted by Crippen LogP contribution is 2.39. The molecule has 0 saturated carbocycles. The largest absolute Gasteiger partial charge is 0.333 e. The van der Waals surface area contributed by atoms with Crippen molar-refractivity contribution in [3.63, 3.8) is 0 Å². The molecule has 0 aliphatic carbocycles. The zero-order valence-electron chi connectivity index (χ0n) is 12.1. The molecule has 22 heavy (non-hydrogen) atoms. The van der Waals surface area contributed by atoms with E-state index >= 15 is 0 Å². The van der Waals surface area contributed by atoms with E-state index in [0.717, 1.165) is 25.0 Å². The monoisotopic (exact) mass is 329 g/mol. The van der Waals surface area contributed by atoms with Gasteiger partial charge in [-0.05, 0) is 43.9 Å². The predicted octanol–water partition coefficient (Wildman–Crippen LogP) is 2.15. The van der Waals surface area contributed by atoms with Gasteiger partial charge in [0.15, 0.2) is 11.6 Å². The van der Waals surface area contributed by atoms with Crippen LogP contribution in [0.15, 0.2) is 18.2 Å². The van der Waals surface area contributed by atoms with Crippen molar-refractivity contribution in [2.45, 2.75) is 43.0 Å². The lowest BCUT2D eigenvalue weighted by molar-refractivity contribution is 0.0597. The third-order valence-electron chi connectivity index (χ3n) is 4.70. The molecule has 2 fully saturated rings. The minimum atomic E-state index is -3.13. The fourth-order valence-electron chi connectivity index (χ4n) is 3.59. The number of fused-ring (bicyclic) bond motifs is 2. The van der Waals surface area contributed by atoms with E-state index in [1.165, 1.54) is 12.3 Å². The van der Waals surface area contributed by atoms with Crippen LogP contribution >= 0.6 is 0 Å². The van der Waals surface area contributed by atoms with Crippen LogP contribution < -0.4 is 0 Å². The minimum Gasteiger partial charge on any atom is -0.333 e. The Kier molecular flexibility index (Phi) is 3.71. The Labute approximate surface area is 128 Å². The zero-order valence-corrected chi connectivity index (χ0v) is 12.9. The fourth-order valence-corrected chi connectivity index (χ4v) is 4.73. The highest BCUT2D eigenvalue weighted by atomic mass is 32.2. The summed E-state index contributed by atoms with van der Waals surface area (Å²) in [6.07, 6.45) is 3.58. The topological polar surface area (TPSA) is 54.5 Å². The summed E-state index contributed by atoms with van der Waals surface area (Å²) in [5, 5.41) is -0.418. The molecule has 2 heterocycles. The number of nitrogens with zero attached hydrogens (tertiary/aromatic N) is 1. The van der Waals surface area contributed by atoms with Crippen molar-refractivity contribution in [1.82, 2.24) is 4.90 Å². The SMILES string of the molecule is CS(=O)(=O)C1CC2CCC(C1)N2C(=O)c1ccc(F)c(F)c1. The van der Waals surface area contributed by atoms with Crippen LogP contribution in [0.1, 0.15) is 36.0 Å². The molecule has 0 spiro atoms. The lowest BCUT2D eigenvalue weighted by Gasteiger charge is -2.38. The predicted molar refractivity (Wildman–Crippen MR) is 77.2 cm³/mol. The van der Waals surface area contributed by atoms with E-state index in [1.807, 2.05) is 0 Å². The van der Waals surface area contributed by atoms with E-state index < -0.39 is 26.7 Å². The van der Waals surface area contributed by atoms with E-state index in [9.17, 15) is 22.0 Å². The maximum atomic E-state index is 13.3. The summed E-state index contributed by atoms with van der Waals surface area (Å²) in [5.41, 5.74) is 0.105. The van der Waals surface area contributed by atoms with E-state index in [0.29, 0.717) is 12.8 Å². The highest BCUT2D eigenvalue weighted by Gasteiger charge is 2.46. The Bertz CT molecular complexity index is 705. The fraction of sp³-hybridized carbons (Fsp3) is 0.533. The second-order valence-electron chi connectivity index (χ2n) is 6.15. The van der Waals surface area contributed by atoms with Gasteiger partial charge in [-0.25, -0.2) is 17.2 Å². The summed E-state index contributed by atoms with van der Waals surface area (Å²) in [6, 6.07) is 2.83. The van der Waals surface area contributed by atoms with Crippen molar-refractivity contribution in [3.05, 3.63) is 35.4 Å². The Hall–Kier alpha value is -1.50. The van der Waals surface area contributed by atoms with Gasteiger partial charge < -0.3 is 4.90 Å². The molecule has 4 nitrogen and oxygen atoms in total. The van der Waals surface area contributed by atoms with Gasteiger partial charge in [0, 0.05) is 23.9 Å². The molecule has 1 aromatic rings. The molecule has 2 atom stereocenters. The maximum Gasteiger partial charge on any atom is 0.254 e. The van der Waals surface area contributed by atoms with Crippen LogP contribution in [0.4, 0.5) is 8.78 Å². The number of halogens is 2. The number of hydrogen-bond donors (Lipinski definition) is 0. The second-order valence-corrected chi connectivity index (χ2v) is 8.47. The lowest BCUT2D eigenvalue weighted by Crippen LogP contribution is -2.49. The van der Waals surface area contributed by atoms with Crippen molar-refractivity contribution < 1.29 is 22.0 Å². The first-order chi connectivity index (χ1) is 10.3. The van der Waals surface area contributed by atoms with Crippen LogP contribution in [0.3, 0.4) is 0 Å². The number of benzene rings is 1. The molecule has 2 saturated heterocycles. The molecule has 2 aliphatic rings. The number of piperidine rings is 1. The summed E-state index contributed by atoms with van der Waals surface area (Å²) in [6.45, 7) is 0. The third-order valence-corrected chi connectivity index (χ3v) is 6.29. The first kappa shape index (κ1) is 15.4. The number of rotatable bonds is 2. The molecule has 0 N–H and O–H groups in total. The van der Waals surface area contributed by atoms with Crippen LogP contribution in [-0.4, -0.2) is 42.8 Å². The first-order valence-electron chi connectivity index (χ1n) is 7.24. The van der Waals surface area contributed by atoms with Gasteiger partial charge in [0.2, 0.25) is 0 Å². The number of amides is 1. The molecule has 2 aliphatic heterocycles. The van der Waals surface area contributed by atoms with Gasteiger partial charge in [0.05, 0.1) is 5.25 Å². The van der Waals surface area contributed by atoms with E-state index in [4.69, 9.17) is 0 Å². The molecule has 2 bridgehead atoms. The second kappa shape index (κ2) is 5.30. The van der Waals surface area contributed by atoms with E-state index in [-0.39, 0.29) is 23.6 Å². The van der Waals surface area contributed by atoms with Crippen molar-refractivity contribution in [3.8, 4) is 0 Å². The average Bonchev–Trinajstić information content (AvgIpc) is 2.69. The van der Waals surface area contributed by atoms with Crippen molar-refractivity contribution in [2.75, 3.05) is 6.26 Å². The molecular formula is C15H17F2NO3S. The van der Waals surface area contributed by atoms with Crippen LogP contribution in [-0.2, 0) is 9.84 Å². The maximum absolute atomic E-state index is 13.3. The van der Waals surface area contributed by atoms with E-state index in [1.54, 1.807) is 4.90 Å². The van der Waals surface area contributed by atoms with Gasteiger partial charge >= 0.3 is 0 Å². The van der Waals surface area contributed by atoms with Crippen LogP contribution in [0.2, 0.25) is 0 Å². The molecular weight excluding hydrogens is 312 g/mol. The third kappa shape index (κ3) is 2.62. The van der Waals surface area contributed by atoms with Gasteiger partial charge in [-0.3, -0.25) is 4.79 Å². The first-order valence-corrected chi connectivity index (χ1v) is 9.19. The Balaban J connectivity index is 1.84. The van der Waals surface area contributed by atoms with Gasteiger partial charge in [-0.2, -0.15) is 0 Å². The van der Waals surface area contributed by atoms with Crippen molar-refractivity contribution >= 4 is 15.7 Å². The molecule has 0 radical (unpaired) electrons. The Morgan fingerprint density at radius 1 is 1.14 bits per heavy atom. The molecule has 1 amide bonds. The smallest absolute Gasteiger partial charge is 0.254 e. The summed E-state index contributed by atoms with van der Waals surface area (Å²) in [7, 11) is -3.13. The Morgan fingerprint density at radius 3 is 2.23 bits per heavy atom. The Morgan fingerprint density at radius 2 is 1.73 bits per heavy atom. The quantitative estimate of drug-likeness (QED) is 0.835. The number of carbonyl (C=O) groups is 1. The van der Waals surface area contributed by atoms with Crippen LogP contribution in [0.25, 0.3) is 0 Å². The van der Waals surface area contributed by atoms with Crippen LogP contribution in [0.5, 0.6) is 0 Å². The average molecular weight is 329 g/mol. The summed E-state index contributed by atoms with van der Waals surface area (Å²) in [4.78, 5) is 14.2. The molecule has 120 valence electrons. The molecule has 2 unspecified atom stereocenters. The zero-order chi connectivity index (χ0) is 16.1. The number of sulfone groups is 1. The van der Waals surface area contributed by atoms with Gasteiger partial charge in [0.1, 0.15) is 9.84 Å². The lowest BCUT2D eigenvalue weighted by atomic mass is 10.0. The summed E-state index contributed by atoms with van der Waals surface area (Å²) in [5.74, 6) is -2.39. The van der Waals surface area contributed by atoms with Gasteiger partial charge in [-0.15, -0.1) is 0 Å². The summed E-state index contributed by atoms with van der Waals surface area (Å²) >= 11 is 0. The standard InChI is InChI=1S/C15H17F2NO3S/c1-22(20,21)12-7-10-3-4-11(8-12)18(10)15(19)9-2-5-13(16)14(17)6-9/h2,5-6,10-12H,3-4,7-8H2,1H3. The van der Waals surface area contributed by atoms with E-state index in [2.05, 4.69) is 0 Å². The van der Waals surface area contributed by atoms with Gasteiger partial charge in [0.25, 0.3) is 5.91 Å².